The molecule has 4 heteroatoms. The summed E-state index contributed by atoms with van der Waals surface area (Å²) >= 11 is 0. The van der Waals surface area contributed by atoms with Crippen LogP contribution in [0.25, 0.3) is 0 Å². The molecule has 1 fully saturated rings. The van der Waals surface area contributed by atoms with Gasteiger partial charge in [-0.1, -0.05) is 42.5 Å². The van der Waals surface area contributed by atoms with Crippen molar-refractivity contribution in [1.82, 2.24) is 9.91 Å². The van der Waals surface area contributed by atoms with Gasteiger partial charge in [0.25, 0.3) is 0 Å². The number of benzene rings is 2. The zero-order valence-corrected chi connectivity index (χ0v) is 15.3. The Morgan fingerprint density at radius 3 is 2.28 bits per heavy atom. The maximum Gasteiger partial charge on any atom is 0.0542 e. The Morgan fingerprint density at radius 1 is 0.960 bits per heavy atom. The van der Waals surface area contributed by atoms with E-state index in [2.05, 4.69) is 88.5 Å². The molecule has 1 aliphatic rings. The predicted octanol–water partition coefficient (Wildman–Crippen LogP) is 3.29. The van der Waals surface area contributed by atoms with E-state index in [1.165, 1.54) is 11.3 Å². The number of rotatable bonds is 6. The summed E-state index contributed by atoms with van der Waals surface area (Å²) in [4.78, 5) is 4.73. The Kier molecular flexibility index (Phi) is 6.07. The van der Waals surface area contributed by atoms with Gasteiger partial charge in [-0.2, -0.15) is 5.10 Å². The Morgan fingerprint density at radius 2 is 1.64 bits per heavy atom. The average molecular weight is 336 g/mol. The van der Waals surface area contributed by atoms with Crippen LogP contribution in [0.2, 0.25) is 0 Å². The highest BCUT2D eigenvalue weighted by Gasteiger charge is 2.10. The first-order chi connectivity index (χ1) is 12.2. The number of nitrogens with zero attached hydrogens (tertiary/aromatic N) is 4. The summed E-state index contributed by atoms with van der Waals surface area (Å²) in [5.74, 6) is 0. The van der Waals surface area contributed by atoms with Gasteiger partial charge in [0, 0.05) is 45.0 Å². The molecule has 0 aromatic heterocycles. The molecule has 2 aromatic rings. The van der Waals surface area contributed by atoms with Crippen molar-refractivity contribution in [2.45, 2.75) is 13.5 Å². The van der Waals surface area contributed by atoms with Crippen molar-refractivity contribution in [1.29, 1.82) is 0 Å². The summed E-state index contributed by atoms with van der Waals surface area (Å²) in [5.41, 5.74) is 3.74. The van der Waals surface area contributed by atoms with E-state index in [1.54, 1.807) is 0 Å². The van der Waals surface area contributed by atoms with Crippen molar-refractivity contribution in [3.8, 4) is 0 Å². The molecule has 0 saturated carbocycles. The molecule has 0 atom stereocenters. The molecular formula is C21H28N4. The fourth-order valence-corrected chi connectivity index (χ4v) is 3.02. The van der Waals surface area contributed by atoms with Crippen molar-refractivity contribution in [3.05, 3.63) is 65.7 Å². The average Bonchev–Trinajstić information content (AvgIpc) is 2.67. The predicted molar refractivity (Wildman–Crippen MR) is 106 cm³/mol. The fourth-order valence-electron chi connectivity index (χ4n) is 3.02. The van der Waals surface area contributed by atoms with E-state index in [0.29, 0.717) is 0 Å². The normalized spacial score (nSPS) is 15.7. The lowest BCUT2D eigenvalue weighted by atomic mass is 10.1. The standard InChI is InChI=1S/C21H28N4/c1-3-24(18-20-7-5-4-6-8-20)21-11-9-19(10-12-21)17-22-25-15-13-23(2)14-16-25/h4-12,17H,3,13-16,18H2,1-2H3/b22-17-. The molecule has 0 radical (unpaired) electrons. The molecule has 1 heterocycles. The van der Waals surface area contributed by atoms with Crippen molar-refractivity contribution in [3.63, 3.8) is 0 Å². The van der Waals surface area contributed by atoms with Crippen molar-refractivity contribution < 1.29 is 0 Å². The van der Waals surface area contributed by atoms with Gasteiger partial charge in [-0.05, 0) is 37.2 Å². The van der Waals surface area contributed by atoms with Crippen molar-refractivity contribution in [2.24, 2.45) is 5.10 Å². The maximum absolute atomic E-state index is 4.62. The van der Waals surface area contributed by atoms with Crippen LogP contribution >= 0.6 is 0 Å². The number of hydrogen-bond donors (Lipinski definition) is 0. The van der Waals surface area contributed by atoms with Crippen LogP contribution in [0, 0.1) is 0 Å². The number of anilines is 1. The fraction of sp³-hybridized carbons (Fsp3) is 0.381. The summed E-state index contributed by atoms with van der Waals surface area (Å²) in [6.07, 6.45) is 1.97. The van der Waals surface area contributed by atoms with Crippen molar-refractivity contribution >= 4 is 11.9 Å². The van der Waals surface area contributed by atoms with Gasteiger partial charge in [0.1, 0.15) is 0 Å². The van der Waals surface area contributed by atoms with E-state index in [-0.39, 0.29) is 0 Å². The highest BCUT2D eigenvalue weighted by molar-refractivity contribution is 5.80. The number of likely N-dealkylation sites (N-methyl/N-ethyl adjacent to an activating group) is 1. The van der Waals surface area contributed by atoms with Gasteiger partial charge < -0.3 is 9.80 Å². The third-order valence-electron chi connectivity index (χ3n) is 4.71. The van der Waals surface area contributed by atoms with Crippen LogP contribution in [0.5, 0.6) is 0 Å². The van der Waals surface area contributed by atoms with Gasteiger partial charge in [0.05, 0.1) is 6.21 Å². The minimum absolute atomic E-state index is 0.937. The first-order valence-electron chi connectivity index (χ1n) is 9.11. The second kappa shape index (κ2) is 8.67. The minimum atomic E-state index is 0.937. The van der Waals surface area contributed by atoms with Gasteiger partial charge in [-0.3, -0.25) is 5.01 Å². The Hall–Kier alpha value is -2.33. The minimum Gasteiger partial charge on any atom is -0.367 e. The molecule has 3 rings (SSSR count). The zero-order chi connectivity index (χ0) is 17.5. The van der Waals surface area contributed by atoms with Gasteiger partial charge in [0.2, 0.25) is 0 Å². The summed E-state index contributed by atoms with van der Waals surface area (Å²) < 4.78 is 0. The Labute approximate surface area is 151 Å². The molecule has 0 N–H and O–H groups in total. The summed E-state index contributed by atoms with van der Waals surface area (Å²) in [7, 11) is 2.16. The zero-order valence-electron chi connectivity index (χ0n) is 15.3. The van der Waals surface area contributed by atoms with Crippen LogP contribution in [-0.4, -0.2) is 55.9 Å². The van der Waals surface area contributed by atoms with Crippen LogP contribution in [-0.2, 0) is 6.54 Å². The van der Waals surface area contributed by atoms with Gasteiger partial charge in [-0.25, -0.2) is 0 Å². The molecule has 0 spiro atoms. The largest absolute Gasteiger partial charge is 0.367 e. The molecule has 0 unspecified atom stereocenters. The molecule has 132 valence electrons. The summed E-state index contributed by atoms with van der Waals surface area (Å²) in [6, 6.07) is 19.3. The summed E-state index contributed by atoms with van der Waals surface area (Å²) in [5, 5.41) is 6.77. The molecule has 0 aliphatic carbocycles. The smallest absolute Gasteiger partial charge is 0.0542 e. The third kappa shape index (κ3) is 5.07. The van der Waals surface area contributed by atoms with Crippen molar-refractivity contribution in [2.75, 3.05) is 44.7 Å². The molecule has 0 amide bonds. The number of hydrogen-bond acceptors (Lipinski definition) is 4. The van der Waals surface area contributed by atoms with E-state index in [1.807, 2.05) is 6.21 Å². The number of piperazine rings is 1. The second-order valence-corrected chi connectivity index (χ2v) is 6.59. The summed E-state index contributed by atoms with van der Waals surface area (Å²) in [6.45, 7) is 8.31. The molecule has 1 saturated heterocycles. The Balaban J connectivity index is 1.60. The van der Waals surface area contributed by atoms with Crippen LogP contribution in [0.1, 0.15) is 18.1 Å². The SMILES string of the molecule is CCN(Cc1ccccc1)c1ccc(/C=N\N2CCN(C)CC2)cc1. The molecular weight excluding hydrogens is 308 g/mol. The van der Waals surface area contributed by atoms with Crippen LogP contribution in [0.4, 0.5) is 5.69 Å². The molecule has 25 heavy (non-hydrogen) atoms. The van der Waals surface area contributed by atoms with E-state index in [0.717, 1.165) is 44.8 Å². The molecule has 4 nitrogen and oxygen atoms in total. The second-order valence-electron chi connectivity index (χ2n) is 6.59. The monoisotopic (exact) mass is 336 g/mol. The topological polar surface area (TPSA) is 22.1 Å². The Bertz CT molecular complexity index is 658. The highest BCUT2D eigenvalue weighted by atomic mass is 15.5. The van der Waals surface area contributed by atoms with E-state index < -0.39 is 0 Å². The highest BCUT2D eigenvalue weighted by Crippen LogP contribution is 2.17. The quantitative estimate of drug-likeness (QED) is 0.756. The van der Waals surface area contributed by atoms with E-state index in [9.17, 15) is 0 Å². The molecule has 0 bridgehead atoms. The first kappa shape index (κ1) is 17.5. The van der Waals surface area contributed by atoms with E-state index >= 15 is 0 Å². The van der Waals surface area contributed by atoms with Gasteiger partial charge in [-0.15, -0.1) is 0 Å². The van der Waals surface area contributed by atoms with Crippen LogP contribution in [0.15, 0.2) is 59.7 Å². The lowest BCUT2D eigenvalue weighted by Crippen LogP contribution is -2.41. The lowest BCUT2D eigenvalue weighted by molar-refractivity contribution is 0.159. The van der Waals surface area contributed by atoms with E-state index in [4.69, 9.17) is 0 Å². The first-order valence-corrected chi connectivity index (χ1v) is 9.11. The third-order valence-corrected chi connectivity index (χ3v) is 4.71. The number of hydrazone groups is 1. The van der Waals surface area contributed by atoms with Gasteiger partial charge >= 0.3 is 0 Å². The molecule has 1 aliphatic heterocycles. The maximum atomic E-state index is 4.62. The van der Waals surface area contributed by atoms with Gasteiger partial charge in [0.15, 0.2) is 0 Å². The van der Waals surface area contributed by atoms with Crippen LogP contribution in [0.3, 0.4) is 0 Å². The lowest BCUT2D eigenvalue weighted by Gasteiger charge is -2.30. The molecule has 2 aromatic carbocycles. The van der Waals surface area contributed by atoms with Crippen LogP contribution < -0.4 is 4.90 Å².